The Bertz CT molecular complexity index is 1140. The number of halogens is 3. The molecule has 0 fully saturated rings. The van der Waals surface area contributed by atoms with Gasteiger partial charge < -0.3 is 9.32 Å². The maximum atomic E-state index is 13.6. The maximum absolute atomic E-state index is 13.6. The van der Waals surface area contributed by atoms with Crippen LogP contribution in [0.4, 0.5) is 13.2 Å². The summed E-state index contributed by atoms with van der Waals surface area (Å²) in [5.41, 5.74) is 1.08. The van der Waals surface area contributed by atoms with Crippen molar-refractivity contribution in [1.29, 1.82) is 10.7 Å². The number of nitrogens with one attached hydrogen (secondary N) is 1. The summed E-state index contributed by atoms with van der Waals surface area (Å²) in [6.07, 6.45) is 1.85. The van der Waals surface area contributed by atoms with Gasteiger partial charge in [-0.15, -0.1) is 10.2 Å². The summed E-state index contributed by atoms with van der Waals surface area (Å²) in [5.74, 6) is -1.53. The molecule has 7 nitrogen and oxygen atoms in total. The van der Waals surface area contributed by atoms with Crippen molar-refractivity contribution < 1.29 is 17.6 Å². The van der Waals surface area contributed by atoms with Crippen LogP contribution in [0.2, 0.25) is 0 Å². The second-order valence-corrected chi connectivity index (χ2v) is 6.06. The minimum absolute atomic E-state index is 0.00798. The standard InChI is InChI=1S/C20H15F3N6O/c1-2-7-29(11-12-3-4-15(21)14(8-12)10-24)18(25)16-9-13(5-6-26-16)19-27-28-20(30-19)17(22)23/h2-9,17,25H,11H2,1H3/b7-2-,25-18?. The number of benzene rings is 1. The number of amidine groups is 1. The number of hydrogen-bond donors (Lipinski definition) is 1. The van der Waals surface area contributed by atoms with Gasteiger partial charge in [-0.05, 0) is 36.8 Å². The fourth-order valence-electron chi connectivity index (χ4n) is 2.62. The fourth-order valence-corrected chi connectivity index (χ4v) is 2.62. The molecule has 1 aromatic carbocycles. The number of allylic oxidation sites excluding steroid dienone is 1. The number of rotatable bonds is 6. The Balaban J connectivity index is 1.88. The van der Waals surface area contributed by atoms with E-state index < -0.39 is 18.1 Å². The highest BCUT2D eigenvalue weighted by molar-refractivity contribution is 5.96. The van der Waals surface area contributed by atoms with Crippen LogP contribution in [0, 0.1) is 22.6 Å². The molecule has 3 aromatic rings. The Morgan fingerprint density at radius 2 is 2.10 bits per heavy atom. The first-order valence-corrected chi connectivity index (χ1v) is 8.67. The number of nitrogens with zero attached hydrogens (tertiary/aromatic N) is 5. The first-order valence-electron chi connectivity index (χ1n) is 8.67. The van der Waals surface area contributed by atoms with Crippen LogP contribution in [0.25, 0.3) is 11.5 Å². The topological polar surface area (TPSA) is 103 Å². The minimum Gasteiger partial charge on any atom is -0.415 e. The predicted molar refractivity (Wildman–Crippen MR) is 101 cm³/mol. The number of alkyl halides is 2. The molecule has 10 heteroatoms. The molecule has 0 atom stereocenters. The van der Waals surface area contributed by atoms with Gasteiger partial charge in [0.25, 0.3) is 5.89 Å². The zero-order chi connectivity index (χ0) is 21.7. The lowest BCUT2D eigenvalue weighted by Crippen LogP contribution is -2.26. The van der Waals surface area contributed by atoms with Crippen LogP contribution in [-0.2, 0) is 6.54 Å². The Hall–Kier alpha value is -4.00. The molecule has 0 amide bonds. The second-order valence-electron chi connectivity index (χ2n) is 6.06. The maximum Gasteiger partial charge on any atom is 0.314 e. The zero-order valence-corrected chi connectivity index (χ0v) is 15.7. The molecule has 2 heterocycles. The van der Waals surface area contributed by atoms with Crippen LogP contribution >= 0.6 is 0 Å². The average Bonchev–Trinajstić information content (AvgIpc) is 3.25. The quantitative estimate of drug-likeness (QED) is 0.474. The largest absolute Gasteiger partial charge is 0.415 e. The Kier molecular flexibility index (Phi) is 6.22. The van der Waals surface area contributed by atoms with Gasteiger partial charge in [0.2, 0.25) is 5.89 Å². The van der Waals surface area contributed by atoms with Crippen molar-refractivity contribution in [3.63, 3.8) is 0 Å². The van der Waals surface area contributed by atoms with E-state index in [9.17, 15) is 13.2 Å². The summed E-state index contributed by atoms with van der Waals surface area (Å²) >= 11 is 0. The van der Waals surface area contributed by atoms with Crippen LogP contribution < -0.4 is 0 Å². The summed E-state index contributed by atoms with van der Waals surface area (Å²) in [7, 11) is 0. The smallest absolute Gasteiger partial charge is 0.314 e. The van der Waals surface area contributed by atoms with Gasteiger partial charge in [0.1, 0.15) is 17.6 Å². The lowest BCUT2D eigenvalue weighted by molar-refractivity contribution is 0.116. The highest BCUT2D eigenvalue weighted by Crippen LogP contribution is 2.24. The molecule has 0 bridgehead atoms. The summed E-state index contributed by atoms with van der Waals surface area (Å²) in [6.45, 7) is 1.94. The molecule has 0 aliphatic carbocycles. The van der Waals surface area contributed by atoms with E-state index in [0.717, 1.165) is 0 Å². The summed E-state index contributed by atoms with van der Waals surface area (Å²) in [5, 5.41) is 24.4. The third-order valence-electron chi connectivity index (χ3n) is 4.00. The highest BCUT2D eigenvalue weighted by atomic mass is 19.3. The number of nitriles is 1. The Morgan fingerprint density at radius 1 is 1.30 bits per heavy atom. The molecule has 2 aromatic heterocycles. The van der Waals surface area contributed by atoms with E-state index in [4.69, 9.17) is 15.1 Å². The number of hydrogen-bond acceptors (Lipinski definition) is 6. The summed E-state index contributed by atoms with van der Waals surface area (Å²) in [6, 6.07) is 8.87. The lowest BCUT2D eigenvalue weighted by Gasteiger charge is -2.21. The van der Waals surface area contributed by atoms with E-state index >= 15 is 0 Å². The van der Waals surface area contributed by atoms with E-state index in [1.54, 1.807) is 30.2 Å². The van der Waals surface area contributed by atoms with E-state index in [-0.39, 0.29) is 29.5 Å². The van der Waals surface area contributed by atoms with Gasteiger partial charge in [0.15, 0.2) is 5.84 Å². The molecule has 0 aliphatic heterocycles. The molecule has 0 radical (unpaired) electrons. The van der Waals surface area contributed by atoms with E-state index in [1.807, 2.05) is 0 Å². The van der Waals surface area contributed by atoms with Crippen molar-refractivity contribution in [2.45, 2.75) is 19.9 Å². The molecule has 30 heavy (non-hydrogen) atoms. The molecular weight excluding hydrogens is 397 g/mol. The van der Waals surface area contributed by atoms with Gasteiger partial charge in [-0.1, -0.05) is 12.1 Å². The van der Waals surface area contributed by atoms with Crippen molar-refractivity contribution in [3.05, 3.63) is 77.3 Å². The normalized spacial score (nSPS) is 11.1. The average molecular weight is 412 g/mol. The van der Waals surface area contributed by atoms with Gasteiger partial charge in [-0.3, -0.25) is 10.4 Å². The van der Waals surface area contributed by atoms with Gasteiger partial charge in [-0.2, -0.15) is 14.0 Å². The molecule has 0 saturated heterocycles. The molecule has 0 spiro atoms. The second kappa shape index (κ2) is 9.00. The lowest BCUT2D eigenvalue weighted by atomic mass is 10.1. The summed E-state index contributed by atoms with van der Waals surface area (Å²) in [4.78, 5) is 5.69. The Labute approximate surface area is 169 Å². The molecule has 1 N–H and O–H groups in total. The number of pyridine rings is 1. The van der Waals surface area contributed by atoms with Gasteiger partial charge in [-0.25, -0.2) is 4.39 Å². The summed E-state index contributed by atoms with van der Waals surface area (Å²) < 4.78 is 43.9. The SMILES string of the molecule is C/C=C\N(Cc1ccc(F)c(C#N)c1)C(=N)c1cc(-c2nnc(C(F)F)o2)ccn1. The minimum atomic E-state index is -2.88. The van der Waals surface area contributed by atoms with Crippen molar-refractivity contribution in [2.75, 3.05) is 0 Å². The first kappa shape index (κ1) is 20.7. The monoisotopic (exact) mass is 412 g/mol. The first-order chi connectivity index (χ1) is 14.4. The van der Waals surface area contributed by atoms with Crippen LogP contribution in [0.1, 0.15) is 36.1 Å². The van der Waals surface area contributed by atoms with E-state index in [0.29, 0.717) is 11.1 Å². The zero-order valence-electron chi connectivity index (χ0n) is 15.7. The van der Waals surface area contributed by atoms with Gasteiger partial charge in [0.05, 0.1) is 5.56 Å². The van der Waals surface area contributed by atoms with E-state index in [2.05, 4.69) is 15.2 Å². The molecular formula is C20H15F3N6O. The molecule has 152 valence electrons. The van der Waals surface area contributed by atoms with Crippen LogP contribution in [0.15, 0.2) is 53.2 Å². The van der Waals surface area contributed by atoms with Crippen molar-refractivity contribution in [2.24, 2.45) is 0 Å². The Morgan fingerprint density at radius 3 is 2.77 bits per heavy atom. The fraction of sp³-hybridized carbons (Fsp3) is 0.150. The molecule has 0 saturated carbocycles. The third kappa shape index (κ3) is 4.52. The highest BCUT2D eigenvalue weighted by Gasteiger charge is 2.19. The van der Waals surface area contributed by atoms with Gasteiger partial charge in [0, 0.05) is 24.5 Å². The van der Waals surface area contributed by atoms with Crippen LogP contribution in [0.3, 0.4) is 0 Å². The van der Waals surface area contributed by atoms with Gasteiger partial charge >= 0.3 is 6.43 Å². The van der Waals surface area contributed by atoms with Crippen LogP contribution in [0.5, 0.6) is 0 Å². The van der Waals surface area contributed by atoms with Crippen molar-refractivity contribution in [3.8, 4) is 17.5 Å². The van der Waals surface area contributed by atoms with E-state index in [1.165, 1.54) is 36.5 Å². The van der Waals surface area contributed by atoms with Crippen molar-refractivity contribution in [1.82, 2.24) is 20.1 Å². The molecule has 3 rings (SSSR count). The van der Waals surface area contributed by atoms with Crippen molar-refractivity contribution >= 4 is 5.84 Å². The number of aromatic nitrogens is 3. The van der Waals surface area contributed by atoms with Crippen LogP contribution in [-0.4, -0.2) is 25.9 Å². The predicted octanol–water partition coefficient (Wildman–Crippen LogP) is 4.44. The molecule has 0 aliphatic rings. The third-order valence-corrected chi connectivity index (χ3v) is 4.00. The molecule has 0 unspecified atom stereocenters.